The summed E-state index contributed by atoms with van der Waals surface area (Å²) < 4.78 is 18.8. The summed E-state index contributed by atoms with van der Waals surface area (Å²) in [5, 5.41) is 0. The van der Waals surface area contributed by atoms with Gasteiger partial charge in [-0.05, 0) is 54.1 Å². The molecule has 0 aliphatic carbocycles. The van der Waals surface area contributed by atoms with Crippen LogP contribution in [0.15, 0.2) is 77.6 Å². The number of furan rings is 1. The molecule has 7 nitrogen and oxygen atoms in total. The third kappa shape index (κ3) is 5.26. The Morgan fingerprint density at radius 1 is 1.06 bits per heavy atom. The smallest absolute Gasteiger partial charge is 0.290 e. The van der Waals surface area contributed by atoms with Crippen molar-refractivity contribution in [3.63, 3.8) is 0 Å². The zero-order chi connectivity index (χ0) is 23.2. The molecule has 0 saturated heterocycles. The van der Waals surface area contributed by atoms with E-state index in [4.69, 9.17) is 13.9 Å². The minimum absolute atomic E-state index is 0.177. The Kier molecular flexibility index (Phi) is 6.78. The molecule has 0 fully saturated rings. The fourth-order valence-corrected chi connectivity index (χ4v) is 3.72. The van der Waals surface area contributed by atoms with E-state index < -0.39 is 0 Å². The summed E-state index contributed by atoms with van der Waals surface area (Å²) in [7, 11) is 5.22. The van der Waals surface area contributed by atoms with Crippen LogP contribution in [-0.4, -0.2) is 34.6 Å². The molecule has 0 radical (unpaired) electrons. The molecule has 0 unspecified atom stereocenters. The Morgan fingerprint density at radius 2 is 1.94 bits per heavy atom. The van der Waals surface area contributed by atoms with Gasteiger partial charge in [0.15, 0.2) is 5.76 Å². The number of rotatable bonds is 9. The molecule has 0 aliphatic heterocycles. The maximum absolute atomic E-state index is 13.4. The number of ether oxygens (including phenoxy) is 2. The Bertz CT molecular complexity index is 1210. The number of pyridine rings is 1. The van der Waals surface area contributed by atoms with Crippen molar-refractivity contribution in [2.75, 3.05) is 14.2 Å². The number of hydrogen-bond donors (Lipinski definition) is 0. The highest BCUT2D eigenvalue weighted by molar-refractivity contribution is 5.91. The minimum atomic E-state index is -0.177. The largest absolute Gasteiger partial charge is 0.497 e. The Labute approximate surface area is 193 Å². The molecule has 0 aliphatic rings. The molecule has 170 valence electrons. The van der Waals surface area contributed by atoms with Gasteiger partial charge in [0.2, 0.25) is 0 Å². The third-order valence-corrected chi connectivity index (χ3v) is 5.51. The first kappa shape index (κ1) is 22.2. The number of aromatic nitrogens is 2. The van der Waals surface area contributed by atoms with E-state index in [0.29, 0.717) is 31.0 Å². The van der Waals surface area contributed by atoms with Crippen molar-refractivity contribution < 1.29 is 18.7 Å². The highest BCUT2D eigenvalue weighted by Crippen LogP contribution is 2.27. The van der Waals surface area contributed by atoms with Gasteiger partial charge in [0.05, 0.1) is 20.8 Å². The SMILES string of the molecule is COc1ccc(OC)c(Cc2ccc(C(=O)N(Cc3cccnc3)Cc3cccn3C)o2)c1. The fraction of sp³-hybridized carbons (Fsp3) is 0.231. The predicted octanol–water partition coefficient (Wildman–Crippen LogP) is 4.46. The van der Waals surface area contributed by atoms with Gasteiger partial charge < -0.3 is 23.4 Å². The third-order valence-electron chi connectivity index (χ3n) is 5.51. The van der Waals surface area contributed by atoms with Gasteiger partial charge >= 0.3 is 0 Å². The quantitative estimate of drug-likeness (QED) is 0.380. The van der Waals surface area contributed by atoms with Crippen molar-refractivity contribution in [1.82, 2.24) is 14.5 Å². The average molecular weight is 446 g/mol. The molecule has 4 aromatic rings. The van der Waals surface area contributed by atoms with Gasteiger partial charge in [-0.2, -0.15) is 0 Å². The summed E-state index contributed by atoms with van der Waals surface area (Å²) in [6.07, 6.45) is 5.94. The number of amides is 1. The highest BCUT2D eigenvalue weighted by Gasteiger charge is 2.21. The van der Waals surface area contributed by atoms with Gasteiger partial charge in [0, 0.05) is 49.9 Å². The van der Waals surface area contributed by atoms with Gasteiger partial charge in [-0.1, -0.05) is 6.07 Å². The molecule has 7 heteroatoms. The summed E-state index contributed by atoms with van der Waals surface area (Å²) in [5.41, 5.74) is 2.90. The molecule has 0 atom stereocenters. The van der Waals surface area contributed by atoms with Crippen molar-refractivity contribution >= 4 is 5.91 Å². The van der Waals surface area contributed by atoms with Crippen molar-refractivity contribution in [1.29, 1.82) is 0 Å². The number of methoxy groups -OCH3 is 2. The van der Waals surface area contributed by atoms with E-state index in [2.05, 4.69) is 4.98 Å². The topological polar surface area (TPSA) is 69.7 Å². The number of aryl methyl sites for hydroxylation is 1. The van der Waals surface area contributed by atoms with Crippen LogP contribution in [0.1, 0.15) is 33.1 Å². The van der Waals surface area contributed by atoms with Crippen LogP contribution in [0.3, 0.4) is 0 Å². The zero-order valence-electron chi connectivity index (χ0n) is 19.0. The van der Waals surface area contributed by atoms with Gasteiger partial charge in [-0.25, -0.2) is 0 Å². The molecule has 0 saturated carbocycles. The second-order valence-electron chi connectivity index (χ2n) is 7.75. The predicted molar refractivity (Wildman–Crippen MR) is 124 cm³/mol. The normalized spacial score (nSPS) is 10.8. The van der Waals surface area contributed by atoms with Crippen LogP contribution in [0.4, 0.5) is 0 Å². The molecule has 4 rings (SSSR count). The first-order valence-corrected chi connectivity index (χ1v) is 10.7. The molecule has 1 amide bonds. The summed E-state index contributed by atoms with van der Waals surface area (Å²) in [5.74, 6) is 2.26. The highest BCUT2D eigenvalue weighted by atomic mass is 16.5. The van der Waals surface area contributed by atoms with Crippen molar-refractivity contribution in [2.45, 2.75) is 19.5 Å². The van der Waals surface area contributed by atoms with Crippen molar-refractivity contribution in [2.24, 2.45) is 7.05 Å². The first-order valence-electron chi connectivity index (χ1n) is 10.7. The average Bonchev–Trinajstić information content (AvgIpc) is 3.47. The van der Waals surface area contributed by atoms with Gasteiger partial charge in [-0.15, -0.1) is 0 Å². The van der Waals surface area contributed by atoms with Crippen LogP contribution in [0.5, 0.6) is 11.5 Å². The lowest BCUT2D eigenvalue weighted by atomic mass is 10.1. The van der Waals surface area contributed by atoms with E-state index in [0.717, 1.165) is 28.3 Å². The van der Waals surface area contributed by atoms with Crippen molar-refractivity contribution in [3.05, 3.63) is 102 Å². The van der Waals surface area contributed by atoms with Gasteiger partial charge in [0.1, 0.15) is 17.3 Å². The number of carbonyl (C=O) groups is 1. The maximum Gasteiger partial charge on any atom is 0.290 e. The van der Waals surface area contributed by atoms with E-state index in [1.54, 1.807) is 37.6 Å². The molecule has 1 aromatic carbocycles. The van der Waals surface area contributed by atoms with Crippen LogP contribution in [0, 0.1) is 0 Å². The van der Waals surface area contributed by atoms with Crippen molar-refractivity contribution in [3.8, 4) is 11.5 Å². The summed E-state index contributed by atoms with van der Waals surface area (Å²) in [4.78, 5) is 19.4. The molecule has 0 spiro atoms. The van der Waals surface area contributed by atoms with Crippen LogP contribution >= 0.6 is 0 Å². The van der Waals surface area contributed by atoms with E-state index >= 15 is 0 Å². The Balaban J connectivity index is 1.56. The van der Waals surface area contributed by atoms with E-state index in [1.807, 2.05) is 66.3 Å². The lowest BCUT2D eigenvalue weighted by molar-refractivity contribution is 0.0692. The second-order valence-corrected chi connectivity index (χ2v) is 7.75. The molecule has 3 aromatic heterocycles. The number of nitrogens with zero attached hydrogens (tertiary/aromatic N) is 3. The Morgan fingerprint density at radius 3 is 2.64 bits per heavy atom. The molecule has 3 heterocycles. The fourth-order valence-electron chi connectivity index (χ4n) is 3.72. The summed E-state index contributed by atoms with van der Waals surface area (Å²) >= 11 is 0. The number of hydrogen-bond acceptors (Lipinski definition) is 5. The maximum atomic E-state index is 13.4. The lowest BCUT2D eigenvalue weighted by Crippen LogP contribution is -2.30. The number of carbonyl (C=O) groups excluding carboxylic acids is 1. The number of benzene rings is 1. The van der Waals surface area contributed by atoms with Gasteiger partial charge in [0.25, 0.3) is 5.91 Å². The minimum Gasteiger partial charge on any atom is -0.497 e. The standard InChI is InChI=1S/C26H27N3O4/c1-28-13-5-7-21(28)18-29(17-19-6-4-12-27-16-19)26(30)25-11-9-23(33-25)15-20-14-22(31-2)8-10-24(20)32-3/h4-14,16H,15,17-18H2,1-3H3. The van der Waals surface area contributed by atoms with E-state index in [1.165, 1.54) is 0 Å². The first-order chi connectivity index (χ1) is 16.1. The zero-order valence-corrected chi connectivity index (χ0v) is 19.0. The second kappa shape index (κ2) is 10.1. The lowest BCUT2D eigenvalue weighted by Gasteiger charge is -2.22. The van der Waals surface area contributed by atoms with Crippen LogP contribution in [0.25, 0.3) is 0 Å². The molecule has 33 heavy (non-hydrogen) atoms. The molecule has 0 N–H and O–H groups in total. The van der Waals surface area contributed by atoms with E-state index in [9.17, 15) is 4.79 Å². The molecular weight excluding hydrogens is 418 g/mol. The van der Waals surface area contributed by atoms with Crippen LogP contribution in [0.2, 0.25) is 0 Å². The summed E-state index contributed by atoms with van der Waals surface area (Å²) in [6.45, 7) is 0.883. The van der Waals surface area contributed by atoms with Gasteiger partial charge in [-0.3, -0.25) is 9.78 Å². The Hall–Kier alpha value is -4.00. The molecular formula is C26H27N3O4. The van der Waals surface area contributed by atoms with E-state index in [-0.39, 0.29) is 5.91 Å². The van der Waals surface area contributed by atoms with Crippen LogP contribution < -0.4 is 9.47 Å². The van der Waals surface area contributed by atoms with Crippen LogP contribution in [-0.2, 0) is 26.6 Å². The summed E-state index contributed by atoms with van der Waals surface area (Å²) in [6, 6.07) is 17.0. The monoisotopic (exact) mass is 445 g/mol. The molecule has 0 bridgehead atoms.